The third-order valence-corrected chi connectivity index (χ3v) is 4.34. The number of methoxy groups -OCH3 is 1. The molecular formula is C14H18FNO2S. The summed E-state index contributed by atoms with van der Waals surface area (Å²) in [7, 11) is 1.42. The quantitative estimate of drug-likeness (QED) is 0.613. The normalized spacial score (nSPS) is 19.6. The molecule has 0 amide bonds. The Bertz CT molecular complexity index is 441. The van der Waals surface area contributed by atoms with Crippen LogP contribution in [0, 0.1) is 5.82 Å². The molecule has 0 aromatic heterocycles. The molecule has 0 radical (unpaired) electrons. The number of hydrogen-bond donors (Lipinski definition) is 0. The van der Waals surface area contributed by atoms with Gasteiger partial charge in [0.05, 0.1) is 7.11 Å². The number of esters is 1. The van der Waals surface area contributed by atoms with Crippen LogP contribution in [0.2, 0.25) is 0 Å². The van der Waals surface area contributed by atoms with E-state index in [-0.39, 0.29) is 17.8 Å². The molecule has 0 spiro atoms. The van der Waals surface area contributed by atoms with Crippen LogP contribution >= 0.6 is 11.8 Å². The van der Waals surface area contributed by atoms with Crippen LogP contribution in [0.25, 0.3) is 0 Å². The van der Waals surface area contributed by atoms with Crippen LogP contribution < -0.4 is 0 Å². The van der Waals surface area contributed by atoms with Crippen molar-refractivity contribution < 1.29 is 13.9 Å². The zero-order valence-electron chi connectivity index (χ0n) is 11.0. The van der Waals surface area contributed by atoms with Gasteiger partial charge in [0.2, 0.25) is 0 Å². The van der Waals surface area contributed by atoms with E-state index in [1.54, 1.807) is 12.1 Å². The number of ether oxygens (including phenoxy) is 1. The van der Waals surface area contributed by atoms with Gasteiger partial charge in [-0.1, -0.05) is 12.1 Å². The Morgan fingerprint density at radius 3 is 3.05 bits per heavy atom. The van der Waals surface area contributed by atoms with Gasteiger partial charge in [-0.15, -0.1) is 11.8 Å². The molecule has 1 saturated heterocycles. The third kappa shape index (κ3) is 3.70. The molecule has 1 aliphatic heterocycles. The number of carbonyl (C=O) groups is 1. The maximum Gasteiger partial charge on any atom is 0.323 e. The van der Waals surface area contributed by atoms with Gasteiger partial charge >= 0.3 is 5.97 Å². The fourth-order valence-electron chi connectivity index (χ4n) is 2.33. The van der Waals surface area contributed by atoms with Crippen molar-refractivity contribution >= 4 is 17.7 Å². The molecule has 1 heterocycles. The molecule has 1 aliphatic rings. The number of rotatable bonds is 5. The number of nitrogens with zero attached hydrogens (tertiary/aromatic N) is 1. The van der Waals surface area contributed by atoms with Crippen molar-refractivity contribution in [3.63, 3.8) is 0 Å². The summed E-state index contributed by atoms with van der Waals surface area (Å²) >= 11 is 1.49. The Morgan fingerprint density at radius 2 is 2.32 bits per heavy atom. The molecule has 1 atom stereocenters. The minimum atomic E-state index is -0.182. The van der Waals surface area contributed by atoms with Gasteiger partial charge in [-0.2, -0.15) is 0 Å². The van der Waals surface area contributed by atoms with Crippen LogP contribution in [-0.4, -0.2) is 42.9 Å². The van der Waals surface area contributed by atoms with Crippen molar-refractivity contribution in [3.8, 4) is 0 Å². The monoisotopic (exact) mass is 283 g/mol. The molecule has 1 aromatic carbocycles. The lowest BCUT2D eigenvalue weighted by atomic mass is 10.2. The number of thioether (sulfide) groups is 1. The topological polar surface area (TPSA) is 29.5 Å². The first-order valence-electron chi connectivity index (χ1n) is 6.41. The minimum absolute atomic E-state index is 0.119. The lowest BCUT2D eigenvalue weighted by Gasteiger charge is -2.21. The summed E-state index contributed by atoms with van der Waals surface area (Å²) in [5.74, 6) is 0.431. The van der Waals surface area contributed by atoms with Crippen LogP contribution in [-0.2, 0) is 9.53 Å². The van der Waals surface area contributed by atoms with Gasteiger partial charge in [0, 0.05) is 17.2 Å². The van der Waals surface area contributed by atoms with Gasteiger partial charge in [-0.3, -0.25) is 9.69 Å². The van der Waals surface area contributed by atoms with Crippen molar-refractivity contribution in [3.05, 3.63) is 30.1 Å². The van der Waals surface area contributed by atoms with Crippen LogP contribution in [0.5, 0.6) is 0 Å². The maximum atomic E-state index is 13.4. The Labute approximate surface area is 117 Å². The molecule has 104 valence electrons. The van der Waals surface area contributed by atoms with Crippen molar-refractivity contribution in [2.75, 3.05) is 26.0 Å². The maximum absolute atomic E-state index is 13.4. The molecule has 0 aliphatic carbocycles. The van der Waals surface area contributed by atoms with E-state index in [4.69, 9.17) is 4.74 Å². The van der Waals surface area contributed by atoms with Gasteiger partial charge in [0.1, 0.15) is 11.9 Å². The second-order valence-electron chi connectivity index (χ2n) is 4.50. The fraction of sp³-hybridized carbons (Fsp3) is 0.500. The molecule has 19 heavy (non-hydrogen) atoms. The van der Waals surface area contributed by atoms with E-state index in [0.29, 0.717) is 4.90 Å². The molecule has 5 heteroatoms. The van der Waals surface area contributed by atoms with Gasteiger partial charge in [0.25, 0.3) is 0 Å². The molecule has 0 saturated carbocycles. The first kappa shape index (κ1) is 14.3. The van der Waals surface area contributed by atoms with Crippen molar-refractivity contribution in [2.24, 2.45) is 0 Å². The summed E-state index contributed by atoms with van der Waals surface area (Å²) in [5, 5.41) is 0. The summed E-state index contributed by atoms with van der Waals surface area (Å²) in [6.45, 7) is 1.69. The summed E-state index contributed by atoms with van der Waals surface area (Å²) < 4.78 is 18.2. The zero-order chi connectivity index (χ0) is 13.7. The first-order chi connectivity index (χ1) is 9.22. The highest BCUT2D eigenvalue weighted by Gasteiger charge is 2.30. The average molecular weight is 283 g/mol. The lowest BCUT2D eigenvalue weighted by molar-refractivity contribution is -0.145. The lowest BCUT2D eigenvalue weighted by Crippen LogP contribution is -2.38. The Kier molecular flexibility index (Phi) is 5.22. The second kappa shape index (κ2) is 6.91. The van der Waals surface area contributed by atoms with Crippen molar-refractivity contribution in [1.82, 2.24) is 4.90 Å². The smallest absolute Gasteiger partial charge is 0.323 e. The van der Waals surface area contributed by atoms with E-state index in [2.05, 4.69) is 4.90 Å². The SMILES string of the molecule is COC(=O)C1CCCN1CCSc1ccccc1F. The number of halogens is 1. The highest BCUT2D eigenvalue weighted by molar-refractivity contribution is 7.99. The standard InChI is InChI=1S/C14H18FNO2S/c1-18-14(17)12-6-4-8-16(12)9-10-19-13-7-3-2-5-11(13)15/h2-3,5,7,12H,4,6,8-10H2,1H3. The first-order valence-corrected chi connectivity index (χ1v) is 7.40. The summed E-state index contributed by atoms with van der Waals surface area (Å²) in [6, 6.07) is 6.65. The average Bonchev–Trinajstić information content (AvgIpc) is 2.88. The van der Waals surface area contributed by atoms with E-state index < -0.39 is 0 Å². The Hall–Kier alpha value is -1.07. The number of carbonyl (C=O) groups excluding carboxylic acids is 1. The highest BCUT2D eigenvalue weighted by Crippen LogP contribution is 2.23. The van der Waals surface area contributed by atoms with Crippen LogP contribution in [0.3, 0.4) is 0 Å². The van der Waals surface area contributed by atoms with E-state index in [1.807, 2.05) is 6.07 Å². The van der Waals surface area contributed by atoms with Crippen LogP contribution in [0.1, 0.15) is 12.8 Å². The predicted molar refractivity (Wildman–Crippen MR) is 73.7 cm³/mol. The van der Waals surface area contributed by atoms with Gasteiger partial charge in [-0.25, -0.2) is 4.39 Å². The molecular weight excluding hydrogens is 265 g/mol. The molecule has 1 aromatic rings. The highest BCUT2D eigenvalue weighted by atomic mass is 32.2. The fourth-order valence-corrected chi connectivity index (χ4v) is 3.26. The third-order valence-electron chi connectivity index (χ3n) is 3.31. The van der Waals surface area contributed by atoms with E-state index in [1.165, 1.54) is 24.9 Å². The molecule has 0 N–H and O–H groups in total. The summed E-state index contributed by atoms with van der Waals surface area (Å²) in [6.07, 6.45) is 1.88. The summed E-state index contributed by atoms with van der Waals surface area (Å²) in [4.78, 5) is 14.4. The second-order valence-corrected chi connectivity index (χ2v) is 5.63. The van der Waals surface area contributed by atoms with E-state index in [9.17, 15) is 9.18 Å². The molecule has 0 bridgehead atoms. The van der Waals surface area contributed by atoms with Gasteiger partial charge in [-0.05, 0) is 31.5 Å². The largest absolute Gasteiger partial charge is 0.468 e. The van der Waals surface area contributed by atoms with Crippen LogP contribution in [0.4, 0.5) is 4.39 Å². The molecule has 1 unspecified atom stereocenters. The van der Waals surface area contributed by atoms with Gasteiger partial charge in [0.15, 0.2) is 0 Å². The van der Waals surface area contributed by atoms with Crippen molar-refractivity contribution in [2.45, 2.75) is 23.8 Å². The molecule has 2 rings (SSSR count). The Morgan fingerprint density at radius 1 is 1.53 bits per heavy atom. The number of hydrogen-bond acceptors (Lipinski definition) is 4. The van der Waals surface area contributed by atoms with E-state index >= 15 is 0 Å². The summed E-state index contributed by atoms with van der Waals surface area (Å²) in [5.41, 5.74) is 0. The number of benzene rings is 1. The molecule has 3 nitrogen and oxygen atoms in total. The predicted octanol–water partition coefficient (Wildman–Crippen LogP) is 2.56. The minimum Gasteiger partial charge on any atom is -0.468 e. The van der Waals surface area contributed by atoms with Crippen LogP contribution in [0.15, 0.2) is 29.2 Å². The zero-order valence-corrected chi connectivity index (χ0v) is 11.8. The van der Waals surface area contributed by atoms with E-state index in [0.717, 1.165) is 31.7 Å². The number of likely N-dealkylation sites (tertiary alicyclic amines) is 1. The van der Waals surface area contributed by atoms with Crippen molar-refractivity contribution in [1.29, 1.82) is 0 Å². The Balaban J connectivity index is 1.82. The molecule has 1 fully saturated rings. The van der Waals surface area contributed by atoms with Gasteiger partial charge < -0.3 is 4.74 Å².